The van der Waals surface area contributed by atoms with Crippen LogP contribution in [0.15, 0.2) is 24.4 Å². The SMILES string of the molecule is COC(=O)[C@H]1CCc2c(cnn2Cc2ccc(F)cc2C#N)C1. The van der Waals surface area contributed by atoms with Gasteiger partial charge in [0.1, 0.15) is 5.82 Å². The molecule has 0 amide bonds. The van der Waals surface area contributed by atoms with Crippen molar-refractivity contribution in [1.82, 2.24) is 9.78 Å². The van der Waals surface area contributed by atoms with E-state index in [1.54, 1.807) is 12.3 Å². The Morgan fingerprint density at radius 1 is 1.57 bits per heavy atom. The van der Waals surface area contributed by atoms with Crippen molar-refractivity contribution in [3.8, 4) is 6.07 Å². The number of carbonyl (C=O) groups excluding carboxylic acids is 1. The fourth-order valence-corrected chi connectivity index (χ4v) is 3.04. The number of esters is 1. The second-order valence-corrected chi connectivity index (χ2v) is 5.65. The highest BCUT2D eigenvalue weighted by atomic mass is 19.1. The lowest BCUT2D eigenvalue weighted by atomic mass is 9.88. The van der Waals surface area contributed by atoms with Crippen molar-refractivity contribution in [3.05, 3.63) is 52.6 Å². The van der Waals surface area contributed by atoms with Gasteiger partial charge in [-0.15, -0.1) is 0 Å². The summed E-state index contributed by atoms with van der Waals surface area (Å²) >= 11 is 0. The quantitative estimate of drug-likeness (QED) is 0.815. The van der Waals surface area contributed by atoms with Gasteiger partial charge in [0.15, 0.2) is 0 Å². The molecule has 0 unspecified atom stereocenters. The second-order valence-electron chi connectivity index (χ2n) is 5.65. The van der Waals surface area contributed by atoms with E-state index < -0.39 is 5.82 Å². The van der Waals surface area contributed by atoms with Crippen molar-refractivity contribution < 1.29 is 13.9 Å². The molecule has 2 aromatic rings. The van der Waals surface area contributed by atoms with Gasteiger partial charge in [-0.3, -0.25) is 9.48 Å². The lowest BCUT2D eigenvalue weighted by Crippen LogP contribution is -2.24. The molecule has 0 saturated carbocycles. The highest BCUT2D eigenvalue weighted by Crippen LogP contribution is 2.27. The van der Waals surface area contributed by atoms with Gasteiger partial charge >= 0.3 is 5.97 Å². The smallest absolute Gasteiger partial charge is 0.309 e. The maximum atomic E-state index is 13.2. The summed E-state index contributed by atoms with van der Waals surface area (Å²) in [7, 11) is 1.40. The monoisotopic (exact) mass is 313 g/mol. The number of nitriles is 1. The molecule has 0 N–H and O–H groups in total. The van der Waals surface area contributed by atoms with Gasteiger partial charge in [-0.2, -0.15) is 10.4 Å². The minimum Gasteiger partial charge on any atom is -0.469 e. The van der Waals surface area contributed by atoms with Crippen LogP contribution in [0.3, 0.4) is 0 Å². The molecule has 0 spiro atoms. The van der Waals surface area contributed by atoms with Crippen molar-refractivity contribution in [2.45, 2.75) is 25.8 Å². The zero-order valence-electron chi connectivity index (χ0n) is 12.8. The first-order valence-electron chi connectivity index (χ1n) is 7.42. The van der Waals surface area contributed by atoms with Gasteiger partial charge in [0.25, 0.3) is 0 Å². The molecule has 1 heterocycles. The van der Waals surface area contributed by atoms with E-state index in [1.165, 1.54) is 19.2 Å². The summed E-state index contributed by atoms with van der Waals surface area (Å²) in [6.45, 7) is 0.418. The molecule has 118 valence electrons. The Labute approximate surface area is 133 Å². The predicted octanol–water partition coefficient (Wildman–Crippen LogP) is 2.22. The van der Waals surface area contributed by atoms with Gasteiger partial charge in [0.2, 0.25) is 0 Å². The maximum absolute atomic E-state index is 13.2. The molecule has 1 aliphatic rings. The Hall–Kier alpha value is -2.68. The molecule has 0 aliphatic heterocycles. The molecule has 1 aromatic carbocycles. The van der Waals surface area contributed by atoms with Crippen LogP contribution in [0.4, 0.5) is 4.39 Å². The van der Waals surface area contributed by atoms with Crippen LogP contribution >= 0.6 is 0 Å². The number of rotatable bonds is 3. The van der Waals surface area contributed by atoms with Crippen molar-refractivity contribution in [2.75, 3.05) is 7.11 Å². The van der Waals surface area contributed by atoms with E-state index in [-0.39, 0.29) is 11.9 Å². The fraction of sp³-hybridized carbons (Fsp3) is 0.353. The van der Waals surface area contributed by atoms with Crippen LogP contribution in [0.25, 0.3) is 0 Å². The van der Waals surface area contributed by atoms with Gasteiger partial charge in [-0.25, -0.2) is 4.39 Å². The fourth-order valence-electron chi connectivity index (χ4n) is 3.04. The van der Waals surface area contributed by atoms with E-state index in [0.717, 1.165) is 29.7 Å². The molecule has 23 heavy (non-hydrogen) atoms. The van der Waals surface area contributed by atoms with Crippen molar-refractivity contribution in [2.24, 2.45) is 5.92 Å². The standard InChI is InChI=1S/C17H16FN3O2/c1-23-17(22)11-3-5-16-14(6-11)9-20-21(16)10-12-2-4-15(18)7-13(12)8-19/h2,4,7,9,11H,3,5-6,10H2,1H3/t11-/m0/s1. The number of fused-ring (bicyclic) bond motifs is 1. The first kappa shape index (κ1) is 15.2. The second kappa shape index (κ2) is 6.21. The lowest BCUT2D eigenvalue weighted by molar-refractivity contribution is -0.145. The van der Waals surface area contributed by atoms with Crippen molar-refractivity contribution >= 4 is 5.97 Å². The molecule has 6 heteroatoms. The van der Waals surface area contributed by atoms with Gasteiger partial charge in [-0.1, -0.05) is 6.07 Å². The van der Waals surface area contributed by atoms with Crippen LogP contribution in [0, 0.1) is 23.1 Å². The number of carbonyl (C=O) groups is 1. The number of ether oxygens (including phenoxy) is 1. The predicted molar refractivity (Wildman–Crippen MR) is 80.0 cm³/mol. The third-order valence-electron chi connectivity index (χ3n) is 4.28. The highest BCUT2D eigenvalue weighted by Gasteiger charge is 2.28. The lowest BCUT2D eigenvalue weighted by Gasteiger charge is -2.21. The summed E-state index contributed by atoms with van der Waals surface area (Å²) in [5, 5.41) is 13.5. The van der Waals surface area contributed by atoms with E-state index in [2.05, 4.69) is 5.10 Å². The zero-order valence-corrected chi connectivity index (χ0v) is 12.8. The van der Waals surface area contributed by atoms with Crippen LogP contribution < -0.4 is 0 Å². The number of methoxy groups -OCH3 is 1. The number of nitrogens with zero attached hydrogens (tertiary/aromatic N) is 3. The summed E-state index contributed by atoms with van der Waals surface area (Å²) < 4.78 is 19.9. The van der Waals surface area contributed by atoms with Crippen LogP contribution in [0.5, 0.6) is 0 Å². The van der Waals surface area contributed by atoms with E-state index in [9.17, 15) is 9.18 Å². The minimum absolute atomic E-state index is 0.120. The molecule has 1 aliphatic carbocycles. The third kappa shape index (κ3) is 2.95. The van der Waals surface area contributed by atoms with Crippen LogP contribution in [0.2, 0.25) is 0 Å². The van der Waals surface area contributed by atoms with Crippen LogP contribution in [0.1, 0.15) is 28.8 Å². The maximum Gasteiger partial charge on any atom is 0.309 e. The average Bonchev–Trinajstić information content (AvgIpc) is 2.97. The molecule has 0 saturated heterocycles. The van der Waals surface area contributed by atoms with Gasteiger partial charge in [0, 0.05) is 5.69 Å². The van der Waals surface area contributed by atoms with Gasteiger partial charge in [-0.05, 0) is 42.5 Å². The summed E-state index contributed by atoms with van der Waals surface area (Å²) in [6, 6.07) is 6.21. The van der Waals surface area contributed by atoms with E-state index in [1.807, 2.05) is 10.8 Å². The average molecular weight is 313 g/mol. The Morgan fingerprint density at radius 3 is 3.13 bits per heavy atom. The van der Waals surface area contributed by atoms with E-state index >= 15 is 0 Å². The minimum atomic E-state index is -0.422. The molecule has 0 bridgehead atoms. The Morgan fingerprint density at radius 2 is 2.39 bits per heavy atom. The molecule has 1 aromatic heterocycles. The Kier molecular flexibility index (Phi) is 4.11. The van der Waals surface area contributed by atoms with Gasteiger partial charge < -0.3 is 4.74 Å². The topological polar surface area (TPSA) is 67.9 Å². The number of hydrogen-bond donors (Lipinski definition) is 0. The normalized spacial score (nSPS) is 16.5. The number of benzene rings is 1. The molecule has 0 radical (unpaired) electrons. The first-order valence-corrected chi connectivity index (χ1v) is 7.42. The molecule has 0 fully saturated rings. The van der Waals surface area contributed by atoms with Crippen LogP contribution in [-0.2, 0) is 28.9 Å². The van der Waals surface area contributed by atoms with Crippen molar-refractivity contribution in [3.63, 3.8) is 0 Å². The number of hydrogen-bond acceptors (Lipinski definition) is 4. The largest absolute Gasteiger partial charge is 0.469 e. The van der Waals surface area contributed by atoms with E-state index in [0.29, 0.717) is 18.5 Å². The highest BCUT2D eigenvalue weighted by molar-refractivity contribution is 5.73. The van der Waals surface area contributed by atoms with Crippen molar-refractivity contribution in [1.29, 1.82) is 5.26 Å². The van der Waals surface area contributed by atoms with Gasteiger partial charge in [0.05, 0.1) is 37.4 Å². The summed E-state index contributed by atoms with van der Waals surface area (Å²) in [4.78, 5) is 11.7. The molecular weight excluding hydrogens is 297 g/mol. The first-order chi connectivity index (χ1) is 11.1. The number of halogens is 1. The van der Waals surface area contributed by atoms with E-state index in [4.69, 9.17) is 10.00 Å². The van der Waals surface area contributed by atoms with Crippen LogP contribution in [-0.4, -0.2) is 22.9 Å². The molecular formula is C17H16FN3O2. The molecule has 3 rings (SSSR count). The zero-order chi connectivity index (χ0) is 16.4. The summed E-state index contributed by atoms with van der Waals surface area (Å²) in [6.07, 6.45) is 3.84. The number of aromatic nitrogens is 2. The summed E-state index contributed by atoms with van der Waals surface area (Å²) in [5.41, 5.74) is 3.15. The molecule has 5 nitrogen and oxygen atoms in total. The summed E-state index contributed by atoms with van der Waals surface area (Å²) in [5.74, 6) is -0.729. The Bertz CT molecular complexity index is 792. The Balaban J connectivity index is 1.84. The third-order valence-corrected chi connectivity index (χ3v) is 4.28. The molecule has 1 atom stereocenters.